The van der Waals surface area contributed by atoms with Gasteiger partial charge in [-0.05, 0) is 19.4 Å². The Morgan fingerprint density at radius 1 is 1.60 bits per heavy atom. The summed E-state index contributed by atoms with van der Waals surface area (Å²) < 4.78 is 26.1. The lowest BCUT2D eigenvalue weighted by Gasteiger charge is -2.12. The Morgan fingerprint density at radius 3 is 2.80 bits per heavy atom. The predicted molar refractivity (Wildman–Crippen MR) is 59.3 cm³/mol. The highest BCUT2D eigenvalue weighted by Crippen LogP contribution is 2.19. The van der Waals surface area contributed by atoms with E-state index >= 15 is 0 Å². The van der Waals surface area contributed by atoms with Gasteiger partial charge in [0.05, 0.1) is 5.02 Å². The summed E-state index contributed by atoms with van der Waals surface area (Å²) in [4.78, 5) is 3.76. The maximum absolute atomic E-state index is 11.8. The van der Waals surface area contributed by atoms with Crippen LogP contribution in [0.2, 0.25) is 5.02 Å². The summed E-state index contributed by atoms with van der Waals surface area (Å²) in [5.74, 6) is 0. The molecule has 1 atom stereocenters. The predicted octanol–water partition coefficient (Wildman–Crippen LogP) is 1.81. The SMILES string of the molecule is CCC(C)NS(=O)(=O)c1cnccc1Cl. The molecule has 4 nitrogen and oxygen atoms in total. The van der Waals surface area contributed by atoms with Crippen LogP contribution in [0, 0.1) is 0 Å². The highest BCUT2D eigenvalue weighted by atomic mass is 35.5. The number of hydrogen-bond acceptors (Lipinski definition) is 3. The summed E-state index contributed by atoms with van der Waals surface area (Å²) in [5.41, 5.74) is 0. The number of hydrogen-bond donors (Lipinski definition) is 1. The molecular formula is C9H13ClN2O2S. The van der Waals surface area contributed by atoms with Crippen LogP contribution >= 0.6 is 11.6 Å². The first-order valence-corrected chi connectivity index (χ1v) is 6.45. The van der Waals surface area contributed by atoms with Gasteiger partial charge in [-0.25, -0.2) is 13.1 Å². The van der Waals surface area contributed by atoms with Crippen LogP contribution in [0.15, 0.2) is 23.4 Å². The number of rotatable bonds is 4. The molecule has 0 aliphatic rings. The van der Waals surface area contributed by atoms with Crippen molar-refractivity contribution in [2.75, 3.05) is 0 Å². The average Bonchev–Trinajstić information content (AvgIpc) is 2.17. The van der Waals surface area contributed by atoms with Crippen LogP contribution in [0.1, 0.15) is 20.3 Å². The van der Waals surface area contributed by atoms with Gasteiger partial charge in [0.15, 0.2) is 0 Å². The molecule has 0 amide bonds. The van der Waals surface area contributed by atoms with Gasteiger partial charge in [-0.1, -0.05) is 18.5 Å². The monoisotopic (exact) mass is 248 g/mol. The molecule has 6 heteroatoms. The first-order chi connectivity index (χ1) is 6.97. The fourth-order valence-electron chi connectivity index (χ4n) is 0.972. The summed E-state index contributed by atoms with van der Waals surface area (Å²) in [7, 11) is -3.55. The standard InChI is InChI=1S/C9H13ClN2O2S/c1-3-7(2)12-15(13,14)9-6-11-5-4-8(9)10/h4-7,12H,3H2,1-2H3. The molecule has 15 heavy (non-hydrogen) atoms. The molecule has 1 aromatic heterocycles. The summed E-state index contributed by atoms with van der Waals surface area (Å²) in [5, 5.41) is 0.181. The molecule has 0 spiro atoms. The smallest absolute Gasteiger partial charge is 0.243 e. The van der Waals surface area contributed by atoms with Crippen molar-refractivity contribution in [3.8, 4) is 0 Å². The topological polar surface area (TPSA) is 59.1 Å². The first-order valence-electron chi connectivity index (χ1n) is 4.59. The minimum atomic E-state index is -3.55. The molecular weight excluding hydrogens is 236 g/mol. The van der Waals surface area contributed by atoms with Crippen molar-refractivity contribution in [2.45, 2.75) is 31.2 Å². The van der Waals surface area contributed by atoms with Gasteiger partial charge >= 0.3 is 0 Å². The summed E-state index contributed by atoms with van der Waals surface area (Å²) >= 11 is 5.78. The molecule has 0 aromatic carbocycles. The van der Waals surface area contributed by atoms with E-state index < -0.39 is 10.0 Å². The van der Waals surface area contributed by atoms with Gasteiger partial charge in [-0.3, -0.25) is 4.98 Å². The van der Waals surface area contributed by atoms with Crippen molar-refractivity contribution in [1.29, 1.82) is 0 Å². The Labute approximate surface area is 94.7 Å². The third kappa shape index (κ3) is 3.15. The lowest BCUT2D eigenvalue weighted by molar-refractivity contribution is 0.555. The van der Waals surface area contributed by atoms with E-state index in [2.05, 4.69) is 9.71 Å². The van der Waals surface area contributed by atoms with Gasteiger partial charge in [-0.15, -0.1) is 0 Å². The van der Waals surface area contributed by atoms with Crippen molar-refractivity contribution < 1.29 is 8.42 Å². The molecule has 0 saturated carbocycles. The van der Waals surface area contributed by atoms with E-state index in [1.165, 1.54) is 18.5 Å². The van der Waals surface area contributed by atoms with Crippen LogP contribution in [-0.2, 0) is 10.0 Å². The summed E-state index contributed by atoms with van der Waals surface area (Å²) in [6, 6.07) is 1.33. The number of pyridine rings is 1. The Balaban J connectivity index is 3.02. The van der Waals surface area contributed by atoms with E-state index in [1.807, 2.05) is 6.92 Å². The molecule has 1 heterocycles. The molecule has 84 valence electrons. The summed E-state index contributed by atoms with van der Waals surface area (Å²) in [6.07, 6.45) is 3.41. The van der Waals surface area contributed by atoms with Gasteiger partial charge in [0, 0.05) is 18.4 Å². The number of halogens is 1. The maximum atomic E-state index is 11.8. The summed E-state index contributed by atoms with van der Waals surface area (Å²) in [6.45, 7) is 3.69. The third-order valence-electron chi connectivity index (χ3n) is 1.99. The van der Waals surface area contributed by atoms with Crippen LogP contribution in [0.5, 0.6) is 0 Å². The van der Waals surface area contributed by atoms with Crippen molar-refractivity contribution >= 4 is 21.6 Å². The molecule has 0 radical (unpaired) electrons. The first kappa shape index (κ1) is 12.4. The Hall–Kier alpha value is -0.650. The second-order valence-corrected chi connectivity index (χ2v) is 5.33. The molecule has 0 saturated heterocycles. The van der Waals surface area contributed by atoms with E-state index in [0.717, 1.165) is 6.42 Å². The number of sulfonamides is 1. The number of nitrogens with zero attached hydrogens (tertiary/aromatic N) is 1. The largest absolute Gasteiger partial charge is 0.263 e. The minimum Gasteiger partial charge on any atom is -0.263 e. The fraction of sp³-hybridized carbons (Fsp3) is 0.444. The lowest BCUT2D eigenvalue weighted by Crippen LogP contribution is -2.32. The molecule has 0 aliphatic heterocycles. The second-order valence-electron chi connectivity index (χ2n) is 3.24. The maximum Gasteiger partial charge on any atom is 0.243 e. The zero-order valence-corrected chi connectivity index (χ0v) is 10.1. The van der Waals surface area contributed by atoms with Gasteiger partial charge in [0.2, 0.25) is 10.0 Å². The molecule has 1 rings (SSSR count). The highest BCUT2D eigenvalue weighted by molar-refractivity contribution is 7.89. The Morgan fingerprint density at radius 2 is 2.27 bits per heavy atom. The van der Waals surface area contributed by atoms with E-state index in [-0.39, 0.29) is 16.0 Å². The van der Waals surface area contributed by atoms with E-state index in [4.69, 9.17) is 11.6 Å². The average molecular weight is 249 g/mol. The van der Waals surface area contributed by atoms with Crippen molar-refractivity contribution in [2.24, 2.45) is 0 Å². The molecule has 1 unspecified atom stereocenters. The number of aromatic nitrogens is 1. The molecule has 0 fully saturated rings. The number of nitrogens with one attached hydrogen (secondary N) is 1. The second kappa shape index (κ2) is 4.92. The zero-order valence-electron chi connectivity index (χ0n) is 8.57. The highest BCUT2D eigenvalue weighted by Gasteiger charge is 2.19. The Kier molecular flexibility index (Phi) is 4.07. The minimum absolute atomic E-state index is 0.0203. The van der Waals surface area contributed by atoms with Crippen LogP contribution < -0.4 is 4.72 Å². The third-order valence-corrected chi connectivity index (χ3v) is 4.05. The van der Waals surface area contributed by atoms with E-state index in [9.17, 15) is 8.42 Å². The lowest BCUT2D eigenvalue weighted by atomic mass is 10.3. The van der Waals surface area contributed by atoms with Crippen LogP contribution in [0.4, 0.5) is 0 Å². The molecule has 0 aliphatic carbocycles. The molecule has 1 aromatic rings. The van der Waals surface area contributed by atoms with Crippen LogP contribution in [0.25, 0.3) is 0 Å². The van der Waals surface area contributed by atoms with Gasteiger partial charge in [-0.2, -0.15) is 0 Å². The normalized spacial score (nSPS) is 13.8. The van der Waals surface area contributed by atoms with E-state index in [0.29, 0.717) is 0 Å². The van der Waals surface area contributed by atoms with E-state index in [1.54, 1.807) is 6.92 Å². The van der Waals surface area contributed by atoms with Crippen molar-refractivity contribution in [3.63, 3.8) is 0 Å². The van der Waals surface area contributed by atoms with Crippen molar-refractivity contribution in [1.82, 2.24) is 9.71 Å². The van der Waals surface area contributed by atoms with Crippen LogP contribution in [0.3, 0.4) is 0 Å². The Bertz CT molecular complexity index is 433. The van der Waals surface area contributed by atoms with Gasteiger partial charge in [0.25, 0.3) is 0 Å². The zero-order chi connectivity index (χ0) is 11.5. The molecule has 0 bridgehead atoms. The van der Waals surface area contributed by atoms with Gasteiger partial charge in [0.1, 0.15) is 4.90 Å². The quantitative estimate of drug-likeness (QED) is 0.884. The fourth-order valence-corrected chi connectivity index (χ4v) is 2.73. The molecule has 1 N–H and O–H groups in total. The van der Waals surface area contributed by atoms with Crippen LogP contribution in [-0.4, -0.2) is 19.4 Å². The van der Waals surface area contributed by atoms with Gasteiger partial charge < -0.3 is 0 Å². The van der Waals surface area contributed by atoms with Crippen molar-refractivity contribution in [3.05, 3.63) is 23.5 Å².